The molecule has 3 N–H and O–H groups in total. The van der Waals surface area contributed by atoms with Crippen LogP contribution in [0.2, 0.25) is 0 Å². The van der Waals surface area contributed by atoms with Gasteiger partial charge in [0.15, 0.2) is 0 Å². The highest BCUT2D eigenvalue weighted by Gasteiger charge is 2.40. The number of morpholine rings is 1. The molecule has 2 atom stereocenters. The number of carbonyl (C=O) groups excluding carboxylic acids is 2. The number of piperidine rings is 1. The zero-order chi connectivity index (χ0) is 22.8. The van der Waals surface area contributed by atoms with E-state index in [1.807, 2.05) is 18.2 Å². The van der Waals surface area contributed by atoms with E-state index in [1.54, 1.807) is 4.90 Å². The highest BCUT2D eigenvalue weighted by Crippen LogP contribution is 2.38. The Bertz CT molecular complexity index is 1040. The van der Waals surface area contributed by atoms with Crippen LogP contribution >= 0.6 is 0 Å². The third-order valence-corrected chi connectivity index (χ3v) is 6.84. The number of fused-ring (bicyclic) bond motifs is 1. The van der Waals surface area contributed by atoms with Crippen molar-refractivity contribution in [1.29, 1.82) is 0 Å². The molecule has 3 aliphatic rings. The van der Waals surface area contributed by atoms with Crippen molar-refractivity contribution in [3.63, 3.8) is 0 Å². The molecule has 2 saturated heterocycles. The SMILES string of the molecule is O=C1CCC(N2Cc3c(NCc4ccccc4CN4CCOCC4)cccc3C2O)C(=O)N1. The van der Waals surface area contributed by atoms with E-state index < -0.39 is 12.3 Å². The van der Waals surface area contributed by atoms with Crippen molar-refractivity contribution in [1.82, 2.24) is 15.1 Å². The molecule has 0 spiro atoms. The number of rotatable bonds is 6. The number of carbonyl (C=O) groups is 2. The summed E-state index contributed by atoms with van der Waals surface area (Å²) in [6.45, 7) is 5.48. The molecule has 0 radical (unpaired) electrons. The summed E-state index contributed by atoms with van der Waals surface area (Å²) in [4.78, 5) is 28.1. The molecule has 0 aromatic heterocycles. The average molecular weight is 451 g/mol. The molecule has 3 heterocycles. The summed E-state index contributed by atoms with van der Waals surface area (Å²) in [6.07, 6.45) is -0.145. The number of nitrogens with one attached hydrogen (secondary N) is 2. The Kier molecular flexibility index (Phi) is 6.41. The minimum Gasteiger partial charge on any atom is -0.381 e. The lowest BCUT2D eigenvalue weighted by molar-refractivity contribution is -0.141. The van der Waals surface area contributed by atoms with Gasteiger partial charge in [0.05, 0.1) is 19.3 Å². The smallest absolute Gasteiger partial charge is 0.244 e. The molecular weight excluding hydrogens is 420 g/mol. The second-order valence-corrected chi connectivity index (χ2v) is 8.90. The standard InChI is InChI=1S/C25H30N4O4/c30-23-9-8-22(24(31)27-23)29-16-20-19(25(29)32)6-3-7-21(20)26-14-17-4-1-2-5-18(17)15-28-10-12-33-13-11-28/h1-7,22,25-26,32H,8-16H2,(H,27,30,31). The van der Waals surface area contributed by atoms with Gasteiger partial charge in [-0.2, -0.15) is 0 Å². The van der Waals surface area contributed by atoms with Gasteiger partial charge in [0, 0.05) is 50.4 Å². The van der Waals surface area contributed by atoms with Gasteiger partial charge in [-0.3, -0.25) is 24.7 Å². The first kappa shape index (κ1) is 22.0. The van der Waals surface area contributed by atoms with Gasteiger partial charge in [0.2, 0.25) is 11.8 Å². The summed E-state index contributed by atoms with van der Waals surface area (Å²) in [7, 11) is 0. The first-order chi connectivity index (χ1) is 16.1. The van der Waals surface area contributed by atoms with Gasteiger partial charge < -0.3 is 15.2 Å². The van der Waals surface area contributed by atoms with Gasteiger partial charge in [-0.15, -0.1) is 0 Å². The van der Waals surface area contributed by atoms with E-state index in [0.717, 1.165) is 49.7 Å². The molecular formula is C25H30N4O4. The van der Waals surface area contributed by atoms with E-state index >= 15 is 0 Å². The van der Waals surface area contributed by atoms with Crippen LogP contribution in [-0.4, -0.2) is 59.1 Å². The van der Waals surface area contributed by atoms with Crippen LogP contribution in [0.3, 0.4) is 0 Å². The van der Waals surface area contributed by atoms with Crippen molar-refractivity contribution < 1.29 is 19.4 Å². The zero-order valence-electron chi connectivity index (χ0n) is 18.6. The van der Waals surface area contributed by atoms with E-state index in [-0.39, 0.29) is 11.8 Å². The van der Waals surface area contributed by atoms with Gasteiger partial charge in [-0.25, -0.2) is 0 Å². The Balaban J connectivity index is 1.30. The lowest BCUT2D eigenvalue weighted by Crippen LogP contribution is -2.51. The Morgan fingerprint density at radius 3 is 2.64 bits per heavy atom. The molecule has 2 aromatic carbocycles. The van der Waals surface area contributed by atoms with Crippen LogP contribution < -0.4 is 10.6 Å². The second kappa shape index (κ2) is 9.61. The van der Waals surface area contributed by atoms with Crippen LogP contribution in [0.15, 0.2) is 42.5 Å². The maximum Gasteiger partial charge on any atom is 0.244 e. The summed E-state index contributed by atoms with van der Waals surface area (Å²) in [5.74, 6) is -0.579. The number of benzene rings is 2. The molecule has 0 bridgehead atoms. The topological polar surface area (TPSA) is 94.1 Å². The number of hydrogen-bond acceptors (Lipinski definition) is 7. The van der Waals surface area contributed by atoms with E-state index in [4.69, 9.17) is 4.74 Å². The van der Waals surface area contributed by atoms with E-state index in [1.165, 1.54) is 11.1 Å². The molecule has 8 nitrogen and oxygen atoms in total. The molecule has 2 fully saturated rings. The van der Waals surface area contributed by atoms with Gasteiger partial charge in [0.1, 0.15) is 6.23 Å². The van der Waals surface area contributed by atoms with Crippen LogP contribution in [0.4, 0.5) is 5.69 Å². The summed E-state index contributed by atoms with van der Waals surface area (Å²) in [5.41, 5.74) is 5.31. The molecule has 33 heavy (non-hydrogen) atoms. The molecule has 174 valence electrons. The number of nitrogens with zero attached hydrogens (tertiary/aromatic N) is 2. The minimum absolute atomic E-state index is 0.249. The van der Waals surface area contributed by atoms with Crippen molar-refractivity contribution in [2.75, 3.05) is 31.6 Å². The summed E-state index contributed by atoms with van der Waals surface area (Å²) in [6, 6.07) is 13.8. The minimum atomic E-state index is -0.862. The number of hydrogen-bond donors (Lipinski definition) is 3. The van der Waals surface area contributed by atoms with Crippen LogP contribution in [0.5, 0.6) is 0 Å². The first-order valence-corrected chi connectivity index (χ1v) is 11.6. The molecule has 2 amide bonds. The van der Waals surface area contributed by atoms with Gasteiger partial charge >= 0.3 is 0 Å². The average Bonchev–Trinajstić information content (AvgIpc) is 3.16. The van der Waals surface area contributed by atoms with E-state index in [9.17, 15) is 14.7 Å². The fraction of sp³-hybridized carbons (Fsp3) is 0.440. The number of amides is 2. The Hall–Kier alpha value is -2.78. The van der Waals surface area contributed by atoms with E-state index in [0.29, 0.717) is 25.9 Å². The largest absolute Gasteiger partial charge is 0.381 e. The lowest BCUT2D eigenvalue weighted by atomic mass is 10.0. The van der Waals surface area contributed by atoms with Gasteiger partial charge in [0.25, 0.3) is 0 Å². The predicted molar refractivity (Wildman–Crippen MR) is 123 cm³/mol. The quantitative estimate of drug-likeness (QED) is 0.577. The van der Waals surface area contributed by atoms with E-state index in [2.05, 4.69) is 39.8 Å². The van der Waals surface area contributed by atoms with Crippen LogP contribution in [0.25, 0.3) is 0 Å². The van der Waals surface area contributed by atoms with Crippen molar-refractivity contribution in [3.05, 3.63) is 64.7 Å². The number of imide groups is 1. The number of aliphatic hydroxyl groups is 1. The normalized spacial score (nSPS) is 23.9. The molecule has 2 aromatic rings. The van der Waals surface area contributed by atoms with Crippen LogP contribution in [-0.2, 0) is 34.0 Å². The molecule has 3 aliphatic heterocycles. The van der Waals surface area contributed by atoms with Crippen molar-refractivity contribution in [2.24, 2.45) is 0 Å². The number of ether oxygens (including phenoxy) is 1. The lowest BCUT2D eigenvalue weighted by Gasteiger charge is -2.31. The van der Waals surface area contributed by atoms with Crippen LogP contribution in [0.1, 0.15) is 41.3 Å². The molecule has 2 unspecified atom stereocenters. The van der Waals surface area contributed by atoms with Crippen LogP contribution in [0, 0.1) is 0 Å². The molecule has 8 heteroatoms. The van der Waals surface area contributed by atoms with Gasteiger partial charge in [-0.05, 0) is 29.2 Å². The molecule has 0 saturated carbocycles. The Labute approximate surface area is 193 Å². The van der Waals surface area contributed by atoms with Crippen molar-refractivity contribution >= 4 is 17.5 Å². The zero-order valence-corrected chi connectivity index (χ0v) is 18.6. The molecule has 5 rings (SSSR count). The monoisotopic (exact) mass is 450 g/mol. The predicted octanol–water partition coefficient (Wildman–Crippen LogP) is 1.74. The number of aliphatic hydroxyl groups excluding tert-OH is 1. The highest BCUT2D eigenvalue weighted by molar-refractivity contribution is 6.00. The maximum absolute atomic E-state index is 12.4. The third kappa shape index (κ3) is 4.65. The summed E-state index contributed by atoms with van der Waals surface area (Å²) in [5, 5.41) is 16.9. The number of anilines is 1. The first-order valence-electron chi connectivity index (χ1n) is 11.6. The summed E-state index contributed by atoms with van der Waals surface area (Å²) >= 11 is 0. The third-order valence-electron chi connectivity index (χ3n) is 6.84. The van der Waals surface area contributed by atoms with Crippen molar-refractivity contribution in [3.8, 4) is 0 Å². The summed E-state index contributed by atoms with van der Waals surface area (Å²) < 4.78 is 5.47. The Morgan fingerprint density at radius 1 is 1.06 bits per heavy atom. The second-order valence-electron chi connectivity index (χ2n) is 8.90. The fourth-order valence-corrected chi connectivity index (χ4v) is 4.99. The van der Waals surface area contributed by atoms with Crippen molar-refractivity contribution in [2.45, 2.75) is 44.7 Å². The Morgan fingerprint density at radius 2 is 1.85 bits per heavy atom. The fourth-order valence-electron chi connectivity index (χ4n) is 4.99. The maximum atomic E-state index is 12.4. The highest BCUT2D eigenvalue weighted by atomic mass is 16.5. The molecule has 0 aliphatic carbocycles. The van der Waals surface area contributed by atoms with Gasteiger partial charge in [-0.1, -0.05) is 36.4 Å².